The van der Waals surface area contributed by atoms with Crippen molar-refractivity contribution in [2.75, 3.05) is 12.1 Å². The largest absolute Gasteiger partial charge is 0.351 e. The summed E-state index contributed by atoms with van der Waals surface area (Å²) in [6.45, 7) is 7.00. The van der Waals surface area contributed by atoms with Crippen LogP contribution in [0.25, 0.3) is 11.2 Å². The third-order valence-corrected chi connectivity index (χ3v) is 9.24. The van der Waals surface area contributed by atoms with Crippen LogP contribution in [0.4, 0.5) is 4.39 Å². The van der Waals surface area contributed by atoms with Crippen molar-refractivity contribution >= 4 is 26.1 Å². The Kier molecular flexibility index (Phi) is 6.04. The van der Waals surface area contributed by atoms with E-state index in [2.05, 4.69) is 15.0 Å². The number of aryl methyl sites for hydroxylation is 3. The maximum atomic E-state index is 14.9. The number of ether oxygens (including phenoxy) is 1. The van der Waals surface area contributed by atoms with Crippen molar-refractivity contribution in [1.29, 1.82) is 0 Å². The molecular weight excluding hydrogens is 425 g/mol. The van der Waals surface area contributed by atoms with Gasteiger partial charge in [0.25, 0.3) is 0 Å². The van der Waals surface area contributed by atoms with Gasteiger partial charge in [0, 0.05) is 12.1 Å². The summed E-state index contributed by atoms with van der Waals surface area (Å²) >= 11 is 0. The second kappa shape index (κ2) is 7.80. The van der Waals surface area contributed by atoms with Crippen LogP contribution in [0.3, 0.4) is 0 Å². The lowest BCUT2D eigenvalue weighted by atomic mass is 10.0. The maximum Gasteiger partial charge on any atom is 0.335 e. The highest BCUT2D eigenvalue weighted by Crippen LogP contribution is 2.55. The summed E-state index contributed by atoms with van der Waals surface area (Å²) in [6, 6.07) is 0. The molecule has 13 heteroatoms. The zero-order valence-corrected chi connectivity index (χ0v) is 18.3. The molecule has 0 aromatic carbocycles. The molecule has 3 N–H and O–H groups in total. The van der Waals surface area contributed by atoms with Crippen LogP contribution in [0.2, 0.25) is 0 Å². The lowest BCUT2D eigenvalue weighted by molar-refractivity contribution is -0.0151. The van der Waals surface area contributed by atoms with Gasteiger partial charge in [-0.3, -0.25) is 13.7 Å². The molecule has 29 heavy (non-hydrogen) atoms. The van der Waals surface area contributed by atoms with Crippen LogP contribution in [0.1, 0.15) is 36.9 Å². The van der Waals surface area contributed by atoms with Gasteiger partial charge in [-0.2, -0.15) is 0 Å². The molecule has 1 fully saturated rings. The van der Waals surface area contributed by atoms with E-state index in [0.29, 0.717) is 28.5 Å². The molecule has 0 spiro atoms. The fourth-order valence-electron chi connectivity index (χ4n) is 3.75. The normalized spacial score (nSPS) is 27.4. The number of halogens is 1. The number of rotatable bonds is 6. The highest BCUT2D eigenvalue weighted by Gasteiger charge is 2.45. The Balaban J connectivity index is 1.84. The third-order valence-electron chi connectivity index (χ3n) is 5.05. The van der Waals surface area contributed by atoms with Crippen LogP contribution in [-0.4, -0.2) is 58.5 Å². The van der Waals surface area contributed by atoms with E-state index < -0.39 is 51.5 Å². The standard InChI is InChI=1S/C16H25FN4O6P2/c1-8-13(17)12(5-6-28(22,23)7-29(24,25)26)27-16(8)21-11(4)20-14-9(2)18-10(3)19-15(14)21/h8,12-13,16H,5-7H2,1-4H3,(H,22,23)(H2,24,25,26)/t8-,12-,13-,16-/m1/s1. The van der Waals surface area contributed by atoms with Crippen LogP contribution in [0.5, 0.6) is 0 Å². The van der Waals surface area contributed by atoms with Gasteiger partial charge in [-0.05, 0) is 27.2 Å². The number of fused-ring (bicyclic) bond motifs is 1. The molecule has 0 saturated carbocycles. The number of hydrogen-bond acceptors (Lipinski definition) is 6. The van der Waals surface area contributed by atoms with E-state index in [0.717, 1.165) is 0 Å². The second-order valence-corrected chi connectivity index (χ2v) is 12.2. The van der Waals surface area contributed by atoms with E-state index in [1.165, 1.54) is 0 Å². The number of alkyl halides is 1. The van der Waals surface area contributed by atoms with E-state index in [9.17, 15) is 18.4 Å². The molecular formula is C16H25FN4O6P2. The SMILES string of the molecule is Cc1nc(C)c2nc(C)n([C@@H]3O[C@H](CCP(=O)(O)CP(=O)(O)O)[C@H](F)[C@H]3C)c2n1. The highest BCUT2D eigenvalue weighted by atomic mass is 31.2. The Morgan fingerprint density at radius 3 is 2.41 bits per heavy atom. The first-order valence-corrected chi connectivity index (χ1v) is 13.0. The summed E-state index contributed by atoms with van der Waals surface area (Å²) in [6.07, 6.45) is -3.68. The Hall–Kier alpha value is -1.22. The van der Waals surface area contributed by atoms with Gasteiger partial charge in [-0.15, -0.1) is 0 Å². The van der Waals surface area contributed by atoms with Gasteiger partial charge in [-0.1, -0.05) is 6.92 Å². The van der Waals surface area contributed by atoms with E-state index in [1.54, 1.807) is 25.3 Å². The molecule has 2 aromatic heterocycles. The predicted molar refractivity (Wildman–Crippen MR) is 104 cm³/mol. The van der Waals surface area contributed by atoms with E-state index in [4.69, 9.17) is 14.5 Å². The molecule has 1 unspecified atom stereocenters. The Bertz CT molecular complexity index is 1020. The molecule has 0 aliphatic carbocycles. The van der Waals surface area contributed by atoms with Crippen molar-refractivity contribution in [3.63, 3.8) is 0 Å². The average molecular weight is 450 g/mol. The lowest BCUT2D eigenvalue weighted by Crippen LogP contribution is -2.22. The van der Waals surface area contributed by atoms with E-state index >= 15 is 0 Å². The zero-order valence-electron chi connectivity index (χ0n) is 16.6. The molecule has 5 atom stereocenters. The molecule has 2 aromatic rings. The lowest BCUT2D eigenvalue weighted by Gasteiger charge is -2.19. The van der Waals surface area contributed by atoms with Crippen LogP contribution in [0.15, 0.2) is 0 Å². The first kappa shape index (κ1) is 22.5. The van der Waals surface area contributed by atoms with Gasteiger partial charge >= 0.3 is 7.60 Å². The summed E-state index contributed by atoms with van der Waals surface area (Å²) in [4.78, 5) is 40.9. The minimum absolute atomic E-state index is 0.130. The second-order valence-electron chi connectivity index (χ2n) is 7.59. The van der Waals surface area contributed by atoms with Crippen LogP contribution in [0, 0.1) is 26.7 Å². The summed E-state index contributed by atoms with van der Waals surface area (Å²) in [5.41, 5.74) is 1.84. The Morgan fingerprint density at radius 1 is 1.14 bits per heavy atom. The fourth-order valence-corrected chi connectivity index (χ4v) is 7.27. The van der Waals surface area contributed by atoms with Crippen LogP contribution >= 0.6 is 15.0 Å². The first-order chi connectivity index (χ1) is 13.3. The van der Waals surface area contributed by atoms with Crippen LogP contribution in [-0.2, 0) is 13.9 Å². The highest BCUT2D eigenvalue weighted by molar-refractivity contribution is 7.72. The minimum atomic E-state index is -4.65. The molecule has 0 amide bonds. The maximum absolute atomic E-state index is 14.9. The van der Waals surface area contributed by atoms with Crippen molar-refractivity contribution < 1.29 is 32.9 Å². The third kappa shape index (κ3) is 4.76. The predicted octanol–water partition coefficient (Wildman–Crippen LogP) is 2.42. The number of aromatic nitrogens is 4. The molecule has 1 aliphatic heterocycles. The van der Waals surface area contributed by atoms with Crippen molar-refractivity contribution in [3.05, 3.63) is 17.3 Å². The molecule has 1 saturated heterocycles. The fraction of sp³-hybridized carbons (Fsp3) is 0.688. The quantitative estimate of drug-likeness (QED) is 0.564. The van der Waals surface area contributed by atoms with Crippen molar-refractivity contribution in [2.24, 2.45) is 5.92 Å². The van der Waals surface area contributed by atoms with Gasteiger partial charge in [0.15, 0.2) is 5.65 Å². The molecule has 162 valence electrons. The summed E-state index contributed by atoms with van der Waals surface area (Å²) in [5, 5.41) is 0. The van der Waals surface area contributed by atoms with Gasteiger partial charge in [0.2, 0.25) is 7.37 Å². The number of nitrogens with zero attached hydrogens (tertiary/aromatic N) is 4. The average Bonchev–Trinajstić information content (AvgIpc) is 3.01. The van der Waals surface area contributed by atoms with Crippen molar-refractivity contribution in [2.45, 2.75) is 52.6 Å². The van der Waals surface area contributed by atoms with Gasteiger partial charge in [0.05, 0.1) is 11.8 Å². The smallest absolute Gasteiger partial charge is 0.335 e. The van der Waals surface area contributed by atoms with Crippen molar-refractivity contribution in [1.82, 2.24) is 19.5 Å². The van der Waals surface area contributed by atoms with Gasteiger partial charge in [-0.25, -0.2) is 19.3 Å². The molecule has 3 rings (SSSR count). The molecule has 1 aliphatic rings. The van der Waals surface area contributed by atoms with Crippen LogP contribution < -0.4 is 0 Å². The zero-order chi connectivity index (χ0) is 21.7. The number of imidazole rings is 1. The molecule has 0 radical (unpaired) electrons. The van der Waals surface area contributed by atoms with E-state index in [-0.39, 0.29) is 6.42 Å². The Labute approximate surface area is 167 Å². The molecule has 0 bridgehead atoms. The summed E-state index contributed by atoms with van der Waals surface area (Å²) < 4.78 is 45.6. The van der Waals surface area contributed by atoms with E-state index in [1.807, 2.05) is 6.92 Å². The Morgan fingerprint density at radius 2 is 1.79 bits per heavy atom. The monoisotopic (exact) mass is 450 g/mol. The summed E-state index contributed by atoms with van der Waals surface area (Å²) in [5.74, 6) is -0.564. The van der Waals surface area contributed by atoms with Gasteiger partial charge in [0.1, 0.15) is 35.5 Å². The topological polar surface area (TPSA) is 148 Å². The minimum Gasteiger partial charge on any atom is -0.351 e. The number of hydrogen-bond donors (Lipinski definition) is 3. The van der Waals surface area contributed by atoms with Gasteiger partial charge < -0.3 is 19.4 Å². The molecule has 10 nitrogen and oxygen atoms in total. The van der Waals surface area contributed by atoms with Crippen molar-refractivity contribution in [3.8, 4) is 0 Å². The first-order valence-electron chi connectivity index (χ1n) is 9.14. The summed E-state index contributed by atoms with van der Waals surface area (Å²) in [7, 11) is -8.75. The molecule has 3 heterocycles.